The number of carboxylic acids is 2. The average Bonchev–Trinajstić information content (AvgIpc) is 2.00. The lowest BCUT2D eigenvalue weighted by Gasteiger charge is -2.17. The molecule has 0 rings (SSSR count). The largest absolute Gasteiger partial charge is 0.481 e. The van der Waals surface area contributed by atoms with Crippen molar-refractivity contribution in [2.24, 2.45) is 5.92 Å². The maximum atomic E-state index is 10.8. The van der Waals surface area contributed by atoms with Crippen LogP contribution in [0.2, 0.25) is 0 Å². The lowest BCUT2D eigenvalue weighted by molar-refractivity contribution is -0.148. The van der Waals surface area contributed by atoms with E-state index >= 15 is 0 Å². The first-order chi connectivity index (χ1) is 6.70. The lowest BCUT2D eigenvalue weighted by Crippen LogP contribution is -2.35. The molecule has 15 heavy (non-hydrogen) atoms. The summed E-state index contributed by atoms with van der Waals surface area (Å²) in [6.45, 7) is 1.36. The predicted molar refractivity (Wildman–Crippen MR) is 49.0 cm³/mol. The van der Waals surface area contributed by atoms with Crippen molar-refractivity contribution < 1.29 is 32.8 Å². The molecule has 0 radical (unpaired) electrons. The Morgan fingerprint density at radius 1 is 1.27 bits per heavy atom. The Labute approximate surface area is 86.5 Å². The molecule has 7 nitrogen and oxygen atoms in total. The minimum Gasteiger partial charge on any atom is -0.481 e. The van der Waals surface area contributed by atoms with Crippen LogP contribution in [0.15, 0.2) is 0 Å². The molecule has 3 N–H and O–H groups in total. The first kappa shape index (κ1) is 13.8. The summed E-state index contributed by atoms with van der Waals surface area (Å²) in [5, 5.41) is 15.5. The highest BCUT2D eigenvalue weighted by Crippen LogP contribution is 2.19. The fraction of sp³-hybridized carbons (Fsp3) is 0.714. The van der Waals surface area contributed by atoms with Crippen LogP contribution < -0.4 is 0 Å². The highest BCUT2D eigenvalue weighted by molar-refractivity contribution is 7.86. The van der Waals surface area contributed by atoms with Crippen LogP contribution in [0.25, 0.3) is 0 Å². The molecule has 0 aromatic carbocycles. The van der Waals surface area contributed by atoms with E-state index in [1.54, 1.807) is 0 Å². The monoisotopic (exact) mass is 240 g/mol. The van der Waals surface area contributed by atoms with Gasteiger partial charge < -0.3 is 10.2 Å². The van der Waals surface area contributed by atoms with E-state index in [9.17, 15) is 18.0 Å². The molecule has 0 aliphatic rings. The minimum atomic E-state index is -4.55. The summed E-state index contributed by atoms with van der Waals surface area (Å²) in [5.74, 6) is -4.62. The summed E-state index contributed by atoms with van der Waals surface area (Å²) < 4.78 is 30.3. The van der Waals surface area contributed by atoms with Gasteiger partial charge in [-0.2, -0.15) is 8.42 Å². The van der Waals surface area contributed by atoms with E-state index in [-0.39, 0.29) is 6.42 Å². The molecule has 2 unspecified atom stereocenters. The molecule has 0 spiro atoms. The van der Waals surface area contributed by atoms with E-state index < -0.39 is 39.6 Å². The molecule has 0 bridgehead atoms. The zero-order valence-corrected chi connectivity index (χ0v) is 8.77. The van der Waals surface area contributed by atoms with Crippen molar-refractivity contribution in [1.82, 2.24) is 0 Å². The van der Waals surface area contributed by atoms with Crippen LogP contribution in [0.5, 0.6) is 0 Å². The second-order valence-electron chi connectivity index (χ2n) is 3.00. The molecular weight excluding hydrogens is 228 g/mol. The third-order valence-corrected chi connectivity index (χ3v) is 3.37. The molecular formula is C7H12O7S. The molecule has 0 aliphatic carbocycles. The molecule has 0 aromatic rings. The summed E-state index contributed by atoms with van der Waals surface area (Å²) in [7, 11) is -4.55. The smallest absolute Gasteiger partial charge is 0.308 e. The zero-order valence-electron chi connectivity index (χ0n) is 7.95. The molecule has 0 aromatic heterocycles. The van der Waals surface area contributed by atoms with Gasteiger partial charge in [-0.05, 0) is 6.42 Å². The quantitative estimate of drug-likeness (QED) is 0.549. The minimum absolute atomic E-state index is 0.164. The maximum absolute atomic E-state index is 10.8. The number of aliphatic carboxylic acids is 2. The first-order valence-corrected chi connectivity index (χ1v) is 5.61. The molecule has 0 amide bonds. The van der Waals surface area contributed by atoms with E-state index in [2.05, 4.69) is 0 Å². The molecule has 2 atom stereocenters. The average molecular weight is 240 g/mol. The Kier molecular flexibility index (Phi) is 4.69. The molecule has 0 aliphatic heterocycles. The Morgan fingerprint density at radius 3 is 1.93 bits per heavy atom. The van der Waals surface area contributed by atoms with Crippen LogP contribution in [0, 0.1) is 5.92 Å². The first-order valence-electron chi connectivity index (χ1n) is 4.11. The number of rotatable bonds is 6. The van der Waals surface area contributed by atoms with Gasteiger partial charge in [0, 0.05) is 0 Å². The zero-order chi connectivity index (χ0) is 12.2. The predicted octanol–water partition coefficient (Wildman–Crippen LogP) is -0.172. The molecule has 0 saturated carbocycles. The summed E-state index contributed by atoms with van der Waals surface area (Å²) >= 11 is 0. The summed E-state index contributed by atoms with van der Waals surface area (Å²) in [4.78, 5) is 21.0. The normalized spacial score (nSPS) is 15.6. The Hall–Kier alpha value is -1.15. The fourth-order valence-corrected chi connectivity index (χ4v) is 2.32. The number of carboxylic acid groups (broad SMARTS) is 2. The molecule has 88 valence electrons. The van der Waals surface area contributed by atoms with Gasteiger partial charge in [-0.3, -0.25) is 14.1 Å². The third-order valence-electron chi connectivity index (χ3n) is 1.95. The van der Waals surface area contributed by atoms with Gasteiger partial charge in [0.2, 0.25) is 0 Å². The van der Waals surface area contributed by atoms with Gasteiger partial charge in [-0.1, -0.05) is 6.92 Å². The number of hydrogen-bond donors (Lipinski definition) is 3. The van der Waals surface area contributed by atoms with Crippen molar-refractivity contribution in [3.05, 3.63) is 0 Å². The van der Waals surface area contributed by atoms with Gasteiger partial charge in [-0.15, -0.1) is 0 Å². The summed E-state index contributed by atoms with van der Waals surface area (Å²) in [6.07, 6.45) is -1.00. The third kappa shape index (κ3) is 4.26. The highest BCUT2D eigenvalue weighted by Gasteiger charge is 2.37. The van der Waals surface area contributed by atoms with E-state index in [0.717, 1.165) is 0 Å². The molecule has 0 fully saturated rings. The van der Waals surface area contributed by atoms with E-state index in [0.29, 0.717) is 0 Å². The van der Waals surface area contributed by atoms with Crippen LogP contribution in [0.4, 0.5) is 0 Å². The standard InChI is InChI=1S/C7H12O7S/c1-2-5(15(12,13)14)4(7(10)11)3-6(8)9/h4-5H,2-3H2,1H3,(H,8,9)(H,10,11)(H,12,13,14). The van der Waals surface area contributed by atoms with Gasteiger partial charge in [-0.25, -0.2) is 0 Å². The van der Waals surface area contributed by atoms with Crippen LogP contribution in [0.3, 0.4) is 0 Å². The maximum Gasteiger partial charge on any atom is 0.308 e. The lowest BCUT2D eigenvalue weighted by atomic mass is 10.00. The fourth-order valence-electron chi connectivity index (χ4n) is 1.27. The molecule has 0 heterocycles. The van der Waals surface area contributed by atoms with E-state index in [1.807, 2.05) is 0 Å². The highest BCUT2D eigenvalue weighted by atomic mass is 32.2. The summed E-state index contributed by atoms with van der Waals surface area (Å²) in [5.41, 5.74) is 0. The van der Waals surface area contributed by atoms with Crippen molar-refractivity contribution in [3.8, 4) is 0 Å². The van der Waals surface area contributed by atoms with Crippen LogP contribution in [0.1, 0.15) is 19.8 Å². The van der Waals surface area contributed by atoms with Gasteiger partial charge in [0.25, 0.3) is 10.1 Å². The molecule has 0 saturated heterocycles. The van der Waals surface area contributed by atoms with Crippen LogP contribution >= 0.6 is 0 Å². The van der Waals surface area contributed by atoms with Gasteiger partial charge in [0.1, 0.15) is 5.25 Å². The van der Waals surface area contributed by atoms with Crippen molar-refractivity contribution >= 4 is 22.1 Å². The van der Waals surface area contributed by atoms with E-state index in [4.69, 9.17) is 14.8 Å². The van der Waals surface area contributed by atoms with Crippen molar-refractivity contribution in [2.75, 3.05) is 0 Å². The molecule has 8 heteroatoms. The van der Waals surface area contributed by atoms with Crippen molar-refractivity contribution in [1.29, 1.82) is 0 Å². The number of carbonyl (C=O) groups is 2. The Balaban J connectivity index is 5.04. The van der Waals surface area contributed by atoms with Crippen molar-refractivity contribution in [2.45, 2.75) is 25.0 Å². The Bertz CT molecular complexity index is 344. The summed E-state index contributed by atoms with van der Waals surface area (Å²) in [6, 6.07) is 0. The van der Waals surface area contributed by atoms with Gasteiger partial charge in [0.15, 0.2) is 0 Å². The van der Waals surface area contributed by atoms with E-state index in [1.165, 1.54) is 6.92 Å². The number of hydrogen-bond acceptors (Lipinski definition) is 4. The van der Waals surface area contributed by atoms with Crippen molar-refractivity contribution in [3.63, 3.8) is 0 Å². The van der Waals surface area contributed by atoms with Crippen LogP contribution in [-0.4, -0.2) is 40.4 Å². The van der Waals surface area contributed by atoms with Gasteiger partial charge >= 0.3 is 11.9 Å². The second-order valence-corrected chi connectivity index (χ2v) is 4.64. The van der Waals surface area contributed by atoms with Crippen LogP contribution in [-0.2, 0) is 19.7 Å². The van der Waals surface area contributed by atoms with Gasteiger partial charge in [0.05, 0.1) is 12.3 Å². The topological polar surface area (TPSA) is 129 Å². The Morgan fingerprint density at radius 2 is 1.73 bits per heavy atom. The second kappa shape index (κ2) is 5.08. The SMILES string of the molecule is CCC(C(CC(=O)O)C(=O)O)S(=O)(=O)O.